The highest BCUT2D eigenvalue weighted by Gasteiger charge is 2.24. The number of hydrogen-bond donors (Lipinski definition) is 1. The van der Waals surface area contributed by atoms with Crippen molar-refractivity contribution in [3.63, 3.8) is 0 Å². The molecule has 1 amide bonds. The molecular weight excluding hydrogens is 376 g/mol. The van der Waals surface area contributed by atoms with Crippen LogP contribution >= 0.6 is 11.3 Å². The van der Waals surface area contributed by atoms with Crippen molar-refractivity contribution in [2.75, 3.05) is 12.4 Å². The van der Waals surface area contributed by atoms with Crippen LogP contribution < -0.4 is 15.6 Å². The van der Waals surface area contributed by atoms with Gasteiger partial charge >= 0.3 is 0 Å². The van der Waals surface area contributed by atoms with Crippen molar-refractivity contribution >= 4 is 22.4 Å². The van der Waals surface area contributed by atoms with E-state index < -0.39 is 11.5 Å². The van der Waals surface area contributed by atoms with Gasteiger partial charge in [0.15, 0.2) is 0 Å². The molecule has 1 fully saturated rings. The Kier molecular flexibility index (Phi) is 4.95. The Balaban J connectivity index is 1.66. The molecule has 0 aliphatic heterocycles. The second-order valence-electron chi connectivity index (χ2n) is 6.75. The zero-order chi connectivity index (χ0) is 19.7. The quantitative estimate of drug-likeness (QED) is 0.713. The number of benzene rings is 1. The zero-order valence-corrected chi connectivity index (χ0v) is 16.5. The summed E-state index contributed by atoms with van der Waals surface area (Å²) in [6.07, 6.45) is 5.08. The second kappa shape index (κ2) is 7.55. The fraction of sp³-hybridized carbons (Fsp3) is 0.300. The number of pyridine rings is 1. The molecular formula is C20H20N4O3S. The number of nitrogens with one attached hydrogen (secondary N) is 1. The molecule has 0 bridgehead atoms. The van der Waals surface area contributed by atoms with E-state index >= 15 is 0 Å². The summed E-state index contributed by atoms with van der Waals surface area (Å²) in [4.78, 5) is 25.9. The van der Waals surface area contributed by atoms with E-state index in [1.165, 1.54) is 22.3 Å². The summed E-state index contributed by atoms with van der Waals surface area (Å²) in [6, 6.07) is 8.91. The van der Waals surface area contributed by atoms with Gasteiger partial charge in [-0.2, -0.15) is 0 Å². The van der Waals surface area contributed by atoms with Crippen LogP contribution in [0.15, 0.2) is 41.3 Å². The van der Waals surface area contributed by atoms with Crippen LogP contribution in [0.5, 0.6) is 5.75 Å². The van der Waals surface area contributed by atoms with Crippen molar-refractivity contribution in [1.29, 1.82) is 0 Å². The number of carbonyl (C=O) groups is 1. The molecule has 3 aromatic rings. The Bertz CT molecular complexity index is 1090. The third-order valence-corrected chi connectivity index (χ3v) is 5.99. The molecule has 144 valence electrons. The van der Waals surface area contributed by atoms with E-state index in [1.807, 2.05) is 12.1 Å². The van der Waals surface area contributed by atoms with Crippen LogP contribution in [0.4, 0.5) is 5.13 Å². The Morgan fingerprint density at radius 2 is 2.04 bits per heavy atom. The van der Waals surface area contributed by atoms with Crippen molar-refractivity contribution in [1.82, 2.24) is 14.8 Å². The van der Waals surface area contributed by atoms with Crippen LogP contribution in [0.1, 0.15) is 46.1 Å². The van der Waals surface area contributed by atoms with Crippen molar-refractivity contribution in [2.24, 2.45) is 0 Å². The van der Waals surface area contributed by atoms with Crippen LogP contribution in [0, 0.1) is 6.92 Å². The van der Waals surface area contributed by atoms with E-state index in [1.54, 1.807) is 38.4 Å². The Morgan fingerprint density at radius 1 is 1.25 bits per heavy atom. The maximum absolute atomic E-state index is 13.1. The van der Waals surface area contributed by atoms with E-state index in [0.29, 0.717) is 28.0 Å². The van der Waals surface area contributed by atoms with Crippen molar-refractivity contribution in [3.8, 4) is 11.4 Å². The van der Waals surface area contributed by atoms with Gasteiger partial charge in [-0.15, -0.1) is 10.2 Å². The molecule has 1 aromatic carbocycles. The number of aromatic nitrogens is 3. The molecule has 0 radical (unpaired) electrons. The molecule has 0 saturated heterocycles. The number of nitrogens with zero attached hydrogens (tertiary/aromatic N) is 3. The summed E-state index contributed by atoms with van der Waals surface area (Å²) < 4.78 is 6.76. The minimum Gasteiger partial charge on any atom is -0.495 e. The van der Waals surface area contributed by atoms with Gasteiger partial charge in [-0.1, -0.05) is 29.9 Å². The first-order valence-corrected chi connectivity index (χ1v) is 9.90. The number of amides is 1. The van der Waals surface area contributed by atoms with Gasteiger partial charge in [0.2, 0.25) is 5.13 Å². The van der Waals surface area contributed by atoms with Gasteiger partial charge in [0.1, 0.15) is 16.3 Å². The Hall–Kier alpha value is -3.00. The molecule has 0 unspecified atom stereocenters. The van der Waals surface area contributed by atoms with Gasteiger partial charge in [-0.25, -0.2) is 0 Å². The third-order valence-electron chi connectivity index (χ3n) is 4.99. The molecule has 0 atom stereocenters. The Morgan fingerprint density at radius 3 is 2.75 bits per heavy atom. The molecule has 2 heterocycles. The number of ether oxygens (including phenoxy) is 1. The molecule has 0 spiro atoms. The van der Waals surface area contributed by atoms with Gasteiger partial charge in [0.25, 0.3) is 11.5 Å². The molecule has 1 aliphatic rings. The first kappa shape index (κ1) is 18.4. The monoisotopic (exact) mass is 396 g/mol. The highest BCUT2D eigenvalue weighted by Crippen LogP contribution is 2.38. The average Bonchev–Trinajstić information content (AvgIpc) is 3.08. The van der Waals surface area contributed by atoms with Gasteiger partial charge in [-0.05, 0) is 43.5 Å². The molecule has 1 aliphatic carbocycles. The van der Waals surface area contributed by atoms with Crippen molar-refractivity contribution < 1.29 is 9.53 Å². The average molecular weight is 396 g/mol. The van der Waals surface area contributed by atoms with E-state index in [4.69, 9.17) is 4.74 Å². The molecule has 1 N–H and O–H groups in total. The number of aryl methyl sites for hydroxylation is 1. The van der Waals surface area contributed by atoms with E-state index in [9.17, 15) is 9.59 Å². The number of rotatable bonds is 5. The molecule has 8 heteroatoms. The summed E-state index contributed by atoms with van der Waals surface area (Å²) >= 11 is 1.38. The predicted molar refractivity (Wildman–Crippen MR) is 108 cm³/mol. The van der Waals surface area contributed by atoms with E-state index in [2.05, 4.69) is 15.5 Å². The summed E-state index contributed by atoms with van der Waals surface area (Å²) in [6.45, 7) is 1.74. The summed E-state index contributed by atoms with van der Waals surface area (Å²) in [5, 5.41) is 12.3. The van der Waals surface area contributed by atoms with Crippen LogP contribution in [0.3, 0.4) is 0 Å². The first-order chi connectivity index (χ1) is 13.6. The van der Waals surface area contributed by atoms with Crippen molar-refractivity contribution in [3.05, 3.63) is 63.0 Å². The lowest BCUT2D eigenvalue weighted by Crippen LogP contribution is -2.29. The summed E-state index contributed by atoms with van der Waals surface area (Å²) in [7, 11) is 1.54. The maximum atomic E-state index is 13.1. The number of carbonyl (C=O) groups excluding carboxylic acids is 1. The molecule has 28 heavy (non-hydrogen) atoms. The van der Waals surface area contributed by atoms with Crippen LogP contribution in [-0.2, 0) is 0 Å². The topological polar surface area (TPSA) is 86.1 Å². The second-order valence-corrected chi connectivity index (χ2v) is 7.76. The number of anilines is 1. The molecule has 2 aromatic heterocycles. The van der Waals surface area contributed by atoms with Crippen LogP contribution in [0.2, 0.25) is 0 Å². The molecule has 1 saturated carbocycles. The third kappa shape index (κ3) is 3.31. The van der Waals surface area contributed by atoms with Gasteiger partial charge in [0.05, 0.1) is 12.8 Å². The standard InChI is InChI=1S/C20H20N4O3S/c1-12-10-11-24(14-8-3-4-9-15(14)27-2)19(26)16(12)17(25)21-20-23-22-18(28-20)13-6-5-7-13/h3-4,8-11,13H,5-7H2,1-2H3,(H,21,23,25). The highest BCUT2D eigenvalue weighted by atomic mass is 32.1. The predicted octanol–water partition coefficient (Wildman–Crippen LogP) is 3.53. The van der Waals surface area contributed by atoms with Crippen LogP contribution in [0.25, 0.3) is 5.69 Å². The smallest absolute Gasteiger partial charge is 0.268 e. The fourth-order valence-corrected chi connectivity index (χ4v) is 4.09. The van der Waals surface area contributed by atoms with Gasteiger partial charge < -0.3 is 4.74 Å². The summed E-state index contributed by atoms with van der Waals surface area (Å²) in [5.74, 6) is 0.515. The molecule has 4 rings (SSSR count). The fourth-order valence-electron chi connectivity index (χ4n) is 3.19. The SMILES string of the molecule is COc1ccccc1-n1ccc(C)c(C(=O)Nc2nnc(C3CCC3)s2)c1=O. The number of methoxy groups -OCH3 is 1. The van der Waals surface area contributed by atoms with Crippen LogP contribution in [-0.4, -0.2) is 27.8 Å². The largest absolute Gasteiger partial charge is 0.495 e. The number of hydrogen-bond acceptors (Lipinski definition) is 6. The minimum absolute atomic E-state index is 0.0776. The lowest BCUT2D eigenvalue weighted by Gasteiger charge is -2.21. The zero-order valence-electron chi connectivity index (χ0n) is 15.6. The minimum atomic E-state index is -0.483. The maximum Gasteiger partial charge on any atom is 0.268 e. The first-order valence-electron chi connectivity index (χ1n) is 9.09. The summed E-state index contributed by atoms with van der Waals surface area (Å²) in [5.41, 5.74) is 0.837. The lowest BCUT2D eigenvalue weighted by atomic mass is 9.86. The highest BCUT2D eigenvalue weighted by molar-refractivity contribution is 7.15. The Labute approximate surface area is 166 Å². The molecule has 7 nitrogen and oxygen atoms in total. The van der Waals surface area contributed by atoms with Crippen molar-refractivity contribution in [2.45, 2.75) is 32.1 Å². The normalized spacial score (nSPS) is 13.8. The van der Waals surface area contributed by atoms with E-state index in [-0.39, 0.29) is 5.56 Å². The van der Waals surface area contributed by atoms with E-state index in [0.717, 1.165) is 17.8 Å². The lowest BCUT2D eigenvalue weighted by molar-refractivity contribution is 0.102. The van der Waals surface area contributed by atoms with Gasteiger partial charge in [-0.3, -0.25) is 19.5 Å². The number of para-hydroxylation sites is 2. The van der Waals surface area contributed by atoms with Gasteiger partial charge in [0, 0.05) is 12.1 Å².